The molecule has 0 unspecified atom stereocenters. The van der Waals surface area contributed by atoms with Crippen molar-refractivity contribution in [3.05, 3.63) is 48.2 Å². The number of pyridine rings is 1. The van der Waals surface area contributed by atoms with Gasteiger partial charge in [-0.15, -0.1) is 0 Å². The summed E-state index contributed by atoms with van der Waals surface area (Å²) in [5.41, 5.74) is 5.79. The van der Waals surface area contributed by atoms with Crippen LogP contribution in [0.4, 0.5) is 5.82 Å². The topological polar surface area (TPSA) is 89.7 Å². The maximum Gasteiger partial charge on any atom is 0.248 e. The molecule has 144 valence electrons. The summed E-state index contributed by atoms with van der Waals surface area (Å²) in [6, 6.07) is 11.4. The van der Waals surface area contributed by atoms with Crippen molar-refractivity contribution in [1.82, 2.24) is 9.88 Å². The second kappa shape index (κ2) is 9.23. The average Bonchev–Trinajstić information content (AvgIpc) is 2.70. The van der Waals surface area contributed by atoms with Gasteiger partial charge in [0.2, 0.25) is 5.91 Å². The quantitative estimate of drug-likeness (QED) is 0.740. The molecule has 1 aromatic heterocycles. The lowest BCUT2D eigenvalue weighted by Crippen LogP contribution is -2.41. The third-order valence-corrected chi connectivity index (χ3v) is 4.72. The minimum Gasteiger partial charge on any atom is -0.493 e. The van der Waals surface area contributed by atoms with Gasteiger partial charge in [-0.1, -0.05) is 12.1 Å². The van der Waals surface area contributed by atoms with Crippen LogP contribution in [0.1, 0.15) is 23.2 Å². The summed E-state index contributed by atoms with van der Waals surface area (Å²) < 4.78 is 11.2. The molecular weight excluding hydrogens is 344 g/mol. The Morgan fingerprint density at radius 2 is 2.00 bits per heavy atom. The number of rotatable bonds is 8. The fourth-order valence-electron chi connectivity index (χ4n) is 3.20. The van der Waals surface area contributed by atoms with Gasteiger partial charge >= 0.3 is 0 Å². The lowest BCUT2D eigenvalue weighted by molar-refractivity contribution is 0.1000. The molecule has 1 saturated heterocycles. The first-order chi connectivity index (χ1) is 13.2. The number of ether oxygens (including phenoxy) is 2. The van der Waals surface area contributed by atoms with Crippen LogP contribution in [0.15, 0.2) is 42.6 Å². The molecule has 0 saturated carbocycles. The van der Waals surface area contributed by atoms with Crippen molar-refractivity contribution in [3.63, 3.8) is 0 Å². The summed E-state index contributed by atoms with van der Waals surface area (Å²) >= 11 is 0. The molecular formula is C20H26N4O3. The van der Waals surface area contributed by atoms with Crippen LogP contribution in [-0.2, 0) is 0 Å². The van der Waals surface area contributed by atoms with Crippen LogP contribution in [0.5, 0.6) is 11.5 Å². The number of primary amides is 1. The first kappa shape index (κ1) is 19.0. The zero-order valence-corrected chi connectivity index (χ0v) is 15.6. The van der Waals surface area contributed by atoms with E-state index < -0.39 is 5.91 Å². The number of likely N-dealkylation sites (tertiary alicyclic amines) is 1. The second-order valence-electron chi connectivity index (χ2n) is 6.55. The molecule has 3 rings (SSSR count). The number of carbonyl (C=O) groups excluding carboxylic acids is 1. The van der Waals surface area contributed by atoms with Crippen molar-refractivity contribution in [2.75, 3.05) is 38.7 Å². The Bertz CT molecular complexity index is 760. The number of piperidine rings is 1. The molecule has 1 amide bonds. The van der Waals surface area contributed by atoms with E-state index in [0.717, 1.165) is 44.0 Å². The smallest absolute Gasteiger partial charge is 0.248 e. The SMILES string of the molecule is COc1ccccc1OCCN1CCC(Nc2cc(C(N)=O)ccn2)CC1. The number of benzene rings is 1. The van der Waals surface area contributed by atoms with Gasteiger partial charge in [-0.2, -0.15) is 0 Å². The van der Waals surface area contributed by atoms with E-state index >= 15 is 0 Å². The maximum atomic E-state index is 11.3. The number of carbonyl (C=O) groups is 1. The number of nitrogens with one attached hydrogen (secondary N) is 1. The molecule has 7 nitrogen and oxygen atoms in total. The number of methoxy groups -OCH3 is 1. The van der Waals surface area contributed by atoms with Gasteiger partial charge in [-0.25, -0.2) is 4.98 Å². The molecule has 0 bridgehead atoms. The van der Waals surface area contributed by atoms with E-state index in [-0.39, 0.29) is 0 Å². The normalized spacial score (nSPS) is 15.3. The van der Waals surface area contributed by atoms with Crippen molar-refractivity contribution >= 4 is 11.7 Å². The Morgan fingerprint density at radius 1 is 1.26 bits per heavy atom. The van der Waals surface area contributed by atoms with E-state index in [9.17, 15) is 4.79 Å². The number of nitrogens with two attached hydrogens (primary N) is 1. The van der Waals surface area contributed by atoms with Gasteiger partial charge in [0.15, 0.2) is 11.5 Å². The molecule has 2 heterocycles. The molecule has 1 fully saturated rings. The molecule has 0 spiro atoms. The summed E-state index contributed by atoms with van der Waals surface area (Å²) in [7, 11) is 1.65. The molecule has 2 aromatic rings. The minimum atomic E-state index is -0.440. The minimum absolute atomic E-state index is 0.340. The van der Waals surface area contributed by atoms with Crippen LogP contribution in [0.2, 0.25) is 0 Å². The Balaban J connectivity index is 1.41. The standard InChI is InChI=1S/C20H26N4O3/c1-26-17-4-2-3-5-18(17)27-13-12-24-10-7-16(8-11-24)23-19-14-15(20(21)25)6-9-22-19/h2-6,9,14,16H,7-8,10-13H2,1H3,(H2,21,25)(H,22,23). The van der Waals surface area contributed by atoms with Crippen LogP contribution in [0.3, 0.4) is 0 Å². The van der Waals surface area contributed by atoms with E-state index in [1.54, 1.807) is 25.4 Å². The van der Waals surface area contributed by atoms with E-state index in [1.807, 2.05) is 24.3 Å². The fourth-order valence-corrected chi connectivity index (χ4v) is 3.20. The average molecular weight is 370 g/mol. The summed E-state index contributed by atoms with van der Waals surface area (Å²) in [6.07, 6.45) is 3.63. The molecule has 0 atom stereocenters. The number of nitrogens with zero attached hydrogens (tertiary/aromatic N) is 2. The van der Waals surface area contributed by atoms with Gasteiger partial charge in [0.25, 0.3) is 0 Å². The largest absolute Gasteiger partial charge is 0.493 e. The number of anilines is 1. The van der Waals surface area contributed by atoms with Crippen molar-refractivity contribution in [2.24, 2.45) is 5.73 Å². The predicted molar refractivity (Wildman–Crippen MR) is 104 cm³/mol. The van der Waals surface area contributed by atoms with Gasteiger partial charge < -0.3 is 20.5 Å². The lowest BCUT2D eigenvalue weighted by atomic mass is 10.1. The van der Waals surface area contributed by atoms with Gasteiger partial charge in [0.05, 0.1) is 7.11 Å². The van der Waals surface area contributed by atoms with E-state index in [4.69, 9.17) is 15.2 Å². The number of hydrogen-bond donors (Lipinski definition) is 2. The van der Waals surface area contributed by atoms with Crippen LogP contribution in [0.25, 0.3) is 0 Å². The molecule has 1 aliphatic heterocycles. The number of amides is 1. The lowest BCUT2D eigenvalue weighted by Gasteiger charge is -2.32. The monoisotopic (exact) mass is 370 g/mol. The van der Waals surface area contributed by atoms with Crippen LogP contribution >= 0.6 is 0 Å². The highest BCUT2D eigenvalue weighted by Gasteiger charge is 2.19. The number of hydrogen-bond acceptors (Lipinski definition) is 6. The van der Waals surface area contributed by atoms with Gasteiger partial charge in [-0.05, 0) is 37.1 Å². The highest BCUT2D eigenvalue weighted by molar-refractivity contribution is 5.93. The van der Waals surface area contributed by atoms with E-state index in [2.05, 4.69) is 15.2 Å². The molecule has 0 radical (unpaired) electrons. The summed E-state index contributed by atoms with van der Waals surface area (Å²) in [4.78, 5) is 17.9. The second-order valence-corrected chi connectivity index (χ2v) is 6.55. The fraction of sp³-hybridized carbons (Fsp3) is 0.400. The first-order valence-corrected chi connectivity index (χ1v) is 9.16. The molecule has 7 heteroatoms. The van der Waals surface area contributed by atoms with Crippen molar-refractivity contribution in [3.8, 4) is 11.5 Å². The molecule has 3 N–H and O–H groups in total. The zero-order chi connectivity index (χ0) is 19.1. The van der Waals surface area contributed by atoms with Gasteiger partial charge in [-0.3, -0.25) is 9.69 Å². The van der Waals surface area contributed by atoms with Crippen LogP contribution in [0, 0.1) is 0 Å². The van der Waals surface area contributed by atoms with Crippen LogP contribution < -0.4 is 20.5 Å². The highest BCUT2D eigenvalue weighted by atomic mass is 16.5. The highest BCUT2D eigenvalue weighted by Crippen LogP contribution is 2.25. The predicted octanol–water partition coefficient (Wildman–Crippen LogP) is 2.14. The van der Waals surface area contributed by atoms with Crippen molar-refractivity contribution < 1.29 is 14.3 Å². The summed E-state index contributed by atoms with van der Waals surface area (Å²) in [6.45, 7) is 3.48. The van der Waals surface area contributed by atoms with Crippen molar-refractivity contribution in [1.29, 1.82) is 0 Å². The molecule has 27 heavy (non-hydrogen) atoms. The number of aromatic nitrogens is 1. The van der Waals surface area contributed by atoms with Crippen molar-refractivity contribution in [2.45, 2.75) is 18.9 Å². The Labute approximate surface area is 159 Å². The zero-order valence-electron chi connectivity index (χ0n) is 15.6. The van der Waals surface area contributed by atoms with E-state index in [1.165, 1.54) is 0 Å². The summed E-state index contributed by atoms with van der Waals surface area (Å²) in [5.74, 6) is 1.79. The van der Waals surface area contributed by atoms with Crippen LogP contribution in [-0.4, -0.2) is 55.2 Å². The van der Waals surface area contributed by atoms with E-state index in [0.29, 0.717) is 24.0 Å². The summed E-state index contributed by atoms with van der Waals surface area (Å²) in [5, 5.41) is 3.40. The third kappa shape index (κ3) is 5.34. The van der Waals surface area contributed by atoms with Gasteiger partial charge in [0, 0.05) is 37.4 Å². The number of para-hydroxylation sites is 2. The molecule has 0 aliphatic carbocycles. The molecule has 1 aromatic carbocycles. The Morgan fingerprint density at radius 3 is 2.70 bits per heavy atom. The molecule has 1 aliphatic rings. The maximum absolute atomic E-state index is 11.3. The third-order valence-electron chi connectivity index (χ3n) is 4.72. The first-order valence-electron chi connectivity index (χ1n) is 9.16. The van der Waals surface area contributed by atoms with Gasteiger partial charge in [0.1, 0.15) is 12.4 Å². The Hall–Kier alpha value is -2.80. The Kier molecular flexibility index (Phi) is 6.49.